The highest BCUT2D eigenvalue weighted by Gasteiger charge is 2.20. The van der Waals surface area contributed by atoms with Crippen LogP contribution in [0, 0.1) is 0 Å². The number of carboxylic acids is 1. The van der Waals surface area contributed by atoms with E-state index in [9.17, 15) is 19.2 Å². The van der Waals surface area contributed by atoms with Gasteiger partial charge in [0.25, 0.3) is 5.91 Å². The van der Waals surface area contributed by atoms with Crippen LogP contribution in [0.5, 0.6) is 11.5 Å². The molecule has 4 aromatic carbocycles. The minimum atomic E-state index is -1.01. The van der Waals surface area contributed by atoms with Crippen molar-refractivity contribution >= 4 is 29.0 Å². The van der Waals surface area contributed by atoms with Gasteiger partial charge in [0, 0.05) is 28.8 Å². The molecule has 0 atom stereocenters. The largest absolute Gasteiger partial charge is 0.481 e. The van der Waals surface area contributed by atoms with Crippen molar-refractivity contribution in [1.82, 2.24) is 5.32 Å². The molecule has 1 aliphatic carbocycles. The van der Waals surface area contributed by atoms with Gasteiger partial charge in [-0.15, -0.1) is 0 Å². The second-order valence-electron chi connectivity index (χ2n) is 11.1. The van der Waals surface area contributed by atoms with Crippen LogP contribution in [0.25, 0.3) is 5.57 Å². The lowest BCUT2D eigenvalue weighted by Gasteiger charge is -2.22. The molecule has 0 heterocycles. The number of ketones is 2. The minimum absolute atomic E-state index is 0.0000578. The fraction of sp³-hybridized carbons (Fsp3) is 0.211. The van der Waals surface area contributed by atoms with Crippen molar-refractivity contribution in [1.29, 1.82) is 0 Å². The lowest BCUT2D eigenvalue weighted by molar-refractivity contribution is -0.136. The van der Waals surface area contributed by atoms with Crippen LogP contribution in [-0.4, -0.2) is 35.1 Å². The van der Waals surface area contributed by atoms with Gasteiger partial charge < -0.3 is 15.2 Å². The fourth-order valence-corrected chi connectivity index (χ4v) is 5.49. The molecule has 0 unspecified atom stereocenters. The summed E-state index contributed by atoms with van der Waals surface area (Å²) in [6.45, 7) is 0.0000578. The minimum Gasteiger partial charge on any atom is -0.481 e. The van der Waals surface area contributed by atoms with Gasteiger partial charge in [0.05, 0.1) is 6.42 Å². The smallest absolute Gasteiger partial charge is 0.305 e. The molecule has 0 bridgehead atoms. The highest BCUT2D eigenvalue weighted by molar-refractivity contribution is 6.32. The Morgan fingerprint density at radius 3 is 1.91 bits per heavy atom. The van der Waals surface area contributed by atoms with Gasteiger partial charge in [0.1, 0.15) is 11.5 Å². The number of benzene rings is 4. The number of aliphatic carboxylic acids is 1. The summed E-state index contributed by atoms with van der Waals surface area (Å²) in [5.41, 5.74) is 3.15. The number of para-hydroxylation sites is 1. The maximum absolute atomic E-state index is 13.9. The molecule has 1 saturated carbocycles. The van der Waals surface area contributed by atoms with Crippen LogP contribution in [0.2, 0.25) is 0 Å². The summed E-state index contributed by atoms with van der Waals surface area (Å²) in [7, 11) is 0. The Morgan fingerprint density at radius 2 is 1.27 bits per heavy atom. The number of amides is 1. The zero-order valence-electron chi connectivity index (χ0n) is 24.9. The van der Waals surface area contributed by atoms with Gasteiger partial charge in [-0.1, -0.05) is 73.9 Å². The summed E-state index contributed by atoms with van der Waals surface area (Å²) >= 11 is 0. The van der Waals surface area contributed by atoms with E-state index in [2.05, 4.69) is 17.4 Å². The Labute approximate surface area is 262 Å². The first-order chi connectivity index (χ1) is 21.9. The topological polar surface area (TPSA) is 110 Å². The van der Waals surface area contributed by atoms with E-state index in [-0.39, 0.29) is 30.1 Å². The van der Waals surface area contributed by atoms with Crippen LogP contribution in [0.3, 0.4) is 0 Å². The summed E-state index contributed by atoms with van der Waals surface area (Å²) in [5, 5.41) is 11.4. The van der Waals surface area contributed by atoms with E-state index in [0.29, 0.717) is 39.7 Å². The average molecular weight is 602 g/mol. The number of carboxylic acid groups (broad SMARTS) is 1. The Balaban J connectivity index is 1.39. The molecule has 45 heavy (non-hydrogen) atoms. The molecule has 1 fully saturated rings. The van der Waals surface area contributed by atoms with Crippen LogP contribution in [0.4, 0.5) is 0 Å². The van der Waals surface area contributed by atoms with Crippen LogP contribution >= 0.6 is 0 Å². The molecule has 0 radical (unpaired) electrons. The number of carbonyl (C=O) groups is 4. The van der Waals surface area contributed by atoms with Crippen molar-refractivity contribution in [2.75, 3.05) is 6.54 Å². The maximum Gasteiger partial charge on any atom is 0.305 e. The third-order valence-corrected chi connectivity index (χ3v) is 7.97. The second kappa shape index (κ2) is 14.9. The van der Waals surface area contributed by atoms with E-state index < -0.39 is 11.9 Å². The monoisotopic (exact) mass is 601 g/mol. The first-order valence-electron chi connectivity index (χ1n) is 15.2. The van der Waals surface area contributed by atoms with Crippen LogP contribution < -0.4 is 10.1 Å². The predicted molar refractivity (Wildman–Crippen MR) is 173 cm³/mol. The van der Waals surface area contributed by atoms with Crippen molar-refractivity contribution in [3.8, 4) is 11.5 Å². The summed E-state index contributed by atoms with van der Waals surface area (Å²) in [6, 6.07) is 30.1. The van der Waals surface area contributed by atoms with E-state index >= 15 is 0 Å². The lowest BCUT2D eigenvalue weighted by atomic mass is 9.83. The number of carbonyl (C=O) groups excluding carboxylic acids is 3. The number of ether oxygens (including phenoxy) is 1. The van der Waals surface area contributed by atoms with Gasteiger partial charge in [0.2, 0.25) is 0 Å². The normalized spacial score (nSPS) is 13.6. The molecule has 5 rings (SSSR count). The summed E-state index contributed by atoms with van der Waals surface area (Å²) in [4.78, 5) is 50.5. The lowest BCUT2D eigenvalue weighted by Crippen LogP contribution is -2.26. The molecular formula is C38H35NO6. The van der Waals surface area contributed by atoms with Crippen LogP contribution in [-0.2, 0) is 4.79 Å². The standard InChI is InChI=1S/C38H35NO6/c40-35(29-19-21-33(22-20-29)45-32-9-5-2-6-10-32)25-34(28-13-11-27(12-14-28)26-7-3-1-4-8-26)37(43)30-15-17-31(18-16-30)38(44)39-24-23-36(41)42/h2,5-6,9-22,25-26H,1,3-4,7-8,23-24H2,(H,39,44)(H,41,42)/b34-25-. The Bertz CT molecular complexity index is 1670. The highest BCUT2D eigenvalue weighted by Crippen LogP contribution is 2.33. The second-order valence-corrected chi connectivity index (χ2v) is 11.1. The summed E-state index contributed by atoms with van der Waals surface area (Å²) in [6.07, 6.45) is 7.19. The van der Waals surface area contributed by atoms with Gasteiger partial charge in [-0.3, -0.25) is 19.2 Å². The summed E-state index contributed by atoms with van der Waals surface area (Å²) in [5.74, 6) is -0.338. The van der Waals surface area contributed by atoms with E-state index in [4.69, 9.17) is 9.84 Å². The Hall–Kier alpha value is -5.30. The quantitative estimate of drug-likeness (QED) is 0.126. The van der Waals surface area contributed by atoms with Crippen molar-refractivity contribution in [2.45, 2.75) is 44.4 Å². The fourth-order valence-electron chi connectivity index (χ4n) is 5.49. The first kappa shape index (κ1) is 31.1. The van der Waals surface area contributed by atoms with Crippen LogP contribution in [0.1, 0.15) is 86.6 Å². The van der Waals surface area contributed by atoms with E-state index in [1.54, 1.807) is 36.4 Å². The maximum atomic E-state index is 13.9. The van der Waals surface area contributed by atoms with Gasteiger partial charge in [0.15, 0.2) is 11.6 Å². The molecule has 2 N–H and O–H groups in total. The predicted octanol–water partition coefficient (Wildman–Crippen LogP) is 7.88. The Kier molecular flexibility index (Phi) is 10.3. The third kappa shape index (κ3) is 8.42. The van der Waals surface area contributed by atoms with Crippen molar-refractivity contribution in [3.05, 3.63) is 137 Å². The SMILES string of the molecule is O=C(O)CCNC(=O)c1ccc(C(=O)/C(=C\C(=O)c2ccc(Oc3ccccc3)cc2)c2ccc(C3CCCCC3)cc2)cc1. The zero-order valence-corrected chi connectivity index (χ0v) is 24.9. The highest BCUT2D eigenvalue weighted by atomic mass is 16.5. The molecule has 7 nitrogen and oxygen atoms in total. The number of Topliss-reactive ketones (excluding diaryl/α,β-unsaturated/α-hetero) is 1. The molecule has 0 aliphatic heterocycles. The van der Waals surface area contributed by atoms with E-state index in [0.717, 1.165) is 12.8 Å². The molecule has 0 saturated heterocycles. The van der Waals surface area contributed by atoms with E-state index in [1.807, 2.05) is 42.5 Å². The van der Waals surface area contributed by atoms with Gasteiger partial charge >= 0.3 is 5.97 Å². The number of rotatable bonds is 12. The molecular weight excluding hydrogens is 566 g/mol. The molecule has 1 amide bonds. The van der Waals surface area contributed by atoms with Crippen LogP contribution in [0.15, 0.2) is 109 Å². The molecule has 1 aliphatic rings. The number of allylic oxidation sites excluding steroid dienone is 2. The molecule has 0 aromatic heterocycles. The number of nitrogens with one attached hydrogen (secondary N) is 1. The van der Waals surface area contributed by atoms with Gasteiger partial charge in [-0.2, -0.15) is 0 Å². The Morgan fingerprint density at radius 1 is 0.689 bits per heavy atom. The summed E-state index contributed by atoms with van der Waals surface area (Å²) < 4.78 is 5.84. The van der Waals surface area contributed by atoms with Crippen molar-refractivity contribution < 1.29 is 29.0 Å². The number of hydrogen-bond donors (Lipinski definition) is 2. The number of hydrogen-bond acceptors (Lipinski definition) is 5. The molecule has 4 aromatic rings. The third-order valence-electron chi connectivity index (χ3n) is 7.97. The van der Waals surface area contributed by atoms with Crippen molar-refractivity contribution in [2.24, 2.45) is 0 Å². The van der Waals surface area contributed by atoms with Gasteiger partial charge in [-0.25, -0.2) is 0 Å². The zero-order chi connectivity index (χ0) is 31.6. The van der Waals surface area contributed by atoms with Crippen molar-refractivity contribution in [3.63, 3.8) is 0 Å². The average Bonchev–Trinajstić information content (AvgIpc) is 3.08. The van der Waals surface area contributed by atoms with E-state index in [1.165, 1.54) is 43.0 Å². The molecule has 7 heteroatoms. The first-order valence-corrected chi connectivity index (χ1v) is 15.2. The van der Waals surface area contributed by atoms with Gasteiger partial charge in [-0.05, 0) is 84.5 Å². The molecule has 0 spiro atoms. The molecule has 228 valence electrons.